The summed E-state index contributed by atoms with van der Waals surface area (Å²) in [6.07, 6.45) is 1.13. The number of nitrogens with one attached hydrogen (secondary N) is 1. The van der Waals surface area contributed by atoms with Gasteiger partial charge in [0.1, 0.15) is 5.54 Å². The van der Waals surface area contributed by atoms with Gasteiger partial charge in [-0.2, -0.15) is 0 Å². The number of aliphatic carboxylic acids is 1. The number of carbonyl (C=O) groups is 2. The number of nitrogens with zero attached hydrogens (tertiary/aromatic N) is 1. The van der Waals surface area contributed by atoms with E-state index in [0.29, 0.717) is 30.1 Å². The number of halogens is 2. The molecular formula is C13H14ClIN2O3. The van der Waals surface area contributed by atoms with Gasteiger partial charge in [-0.05, 0) is 60.6 Å². The maximum Gasteiger partial charge on any atom is 0.329 e. The van der Waals surface area contributed by atoms with E-state index in [4.69, 9.17) is 11.6 Å². The SMILES string of the molecule is CC1(C(=O)O)CCCN1C(=O)Nc1ccc(I)cc1Cl. The van der Waals surface area contributed by atoms with E-state index in [9.17, 15) is 14.7 Å². The summed E-state index contributed by atoms with van der Waals surface area (Å²) in [4.78, 5) is 25.0. The smallest absolute Gasteiger partial charge is 0.329 e. The summed E-state index contributed by atoms with van der Waals surface area (Å²) in [5.74, 6) is -0.987. The van der Waals surface area contributed by atoms with E-state index < -0.39 is 17.5 Å². The number of hydrogen-bond acceptors (Lipinski definition) is 2. The summed E-state index contributed by atoms with van der Waals surface area (Å²) in [6.45, 7) is 1.99. The highest BCUT2D eigenvalue weighted by molar-refractivity contribution is 14.1. The Hall–Kier alpha value is -1.02. The average molecular weight is 409 g/mol. The van der Waals surface area contributed by atoms with Crippen LogP contribution in [0, 0.1) is 3.57 Å². The van der Waals surface area contributed by atoms with Crippen LogP contribution >= 0.6 is 34.2 Å². The number of anilines is 1. The number of hydrogen-bond donors (Lipinski definition) is 2. The van der Waals surface area contributed by atoms with Gasteiger partial charge in [-0.3, -0.25) is 0 Å². The van der Waals surface area contributed by atoms with Crippen LogP contribution in [-0.2, 0) is 4.79 Å². The fraction of sp³-hybridized carbons (Fsp3) is 0.385. The van der Waals surface area contributed by atoms with E-state index in [2.05, 4.69) is 27.9 Å². The first-order chi connectivity index (χ1) is 9.34. The normalized spacial score (nSPS) is 21.9. The number of benzene rings is 1. The molecule has 2 N–H and O–H groups in total. The summed E-state index contributed by atoms with van der Waals surface area (Å²) >= 11 is 8.18. The Bertz CT molecular complexity index is 567. The second-order valence-electron chi connectivity index (χ2n) is 4.89. The van der Waals surface area contributed by atoms with Gasteiger partial charge in [0.2, 0.25) is 0 Å². The molecule has 1 aromatic rings. The molecule has 20 heavy (non-hydrogen) atoms. The van der Waals surface area contributed by atoms with Crippen LogP contribution in [0.3, 0.4) is 0 Å². The number of carboxylic acids is 1. The Balaban J connectivity index is 2.18. The first kappa shape index (κ1) is 15.4. The lowest BCUT2D eigenvalue weighted by Crippen LogP contribution is -2.52. The molecular weight excluding hydrogens is 395 g/mol. The Morgan fingerprint density at radius 1 is 1.50 bits per heavy atom. The molecule has 0 saturated carbocycles. The van der Waals surface area contributed by atoms with Gasteiger partial charge >= 0.3 is 12.0 Å². The van der Waals surface area contributed by atoms with Gasteiger partial charge in [0.15, 0.2) is 0 Å². The van der Waals surface area contributed by atoms with Crippen LogP contribution in [0.4, 0.5) is 10.5 Å². The summed E-state index contributed by atoms with van der Waals surface area (Å²) in [5, 5.41) is 12.4. The van der Waals surface area contributed by atoms with Crippen LogP contribution in [0.1, 0.15) is 19.8 Å². The van der Waals surface area contributed by atoms with Gasteiger partial charge in [-0.15, -0.1) is 0 Å². The van der Waals surface area contributed by atoms with Gasteiger partial charge in [0.05, 0.1) is 10.7 Å². The molecule has 0 aliphatic carbocycles. The van der Waals surface area contributed by atoms with Crippen molar-refractivity contribution in [2.75, 3.05) is 11.9 Å². The first-order valence-corrected chi connectivity index (χ1v) is 7.57. The molecule has 1 fully saturated rings. The Morgan fingerprint density at radius 2 is 2.20 bits per heavy atom. The second kappa shape index (κ2) is 5.77. The van der Waals surface area contributed by atoms with Crippen molar-refractivity contribution in [1.29, 1.82) is 0 Å². The zero-order valence-corrected chi connectivity index (χ0v) is 13.7. The lowest BCUT2D eigenvalue weighted by Gasteiger charge is -2.31. The van der Waals surface area contributed by atoms with Crippen LogP contribution in [0.15, 0.2) is 18.2 Å². The third-order valence-corrected chi connectivity index (χ3v) is 4.50. The number of likely N-dealkylation sites (tertiary alicyclic amines) is 1. The molecule has 5 nitrogen and oxygen atoms in total. The largest absolute Gasteiger partial charge is 0.480 e. The van der Waals surface area contributed by atoms with E-state index in [1.807, 2.05) is 6.07 Å². The lowest BCUT2D eigenvalue weighted by atomic mass is 10.00. The van der Waals surface area contributed by atoms with Gasteiger partial charge in [0.25, 0.3) is 0 Å². The predicted molar refractivity (Wildman–Crippen MR) is 85.2 cm³/mol. The van der Waals surface area contributed by atoms with E-state index in [1.165, 1.54) is 4.90 Å². The Kier molecular flexibility index (Phi) is 4.43. The molecule has 1 aliphatic heterocycles. The molecule has 2 amide bonds. The van der Waals surface area contributed by atoms with Gasteiger partial charge in [-0.1, -0.05) is 11.6 Å². The average Bonchev–Trinajstić information content (AvgIpc) is 2.76. The predicted octanol–water partition coefficient (Wildman–Crippen LogP) is 3.42. The highest BCUT2D eigenvalue weighted by Crippen LogP contribution is 2.31. The van der Waals surface area contributed by atoms with Crippen molar-refractivity contribution in [3.63, 3.8) is 0 Å². The summed E-state index contributed by atoms with van der Waals surface area (Å²) in [7, 11) is 0. The quantitative estimate of drug-likeness (QED) is 0.737. The lowest BCUT2D eigenvalue weighted by molar-refractivity contribution is -0.146. The number of urea groups is 1. The van der Waals surface area contributed by atoms with Crippen molar-refractivity contribution in [3.8, 4) is 0 Å². The molecule has 0 aromatic heterocycles. The maximum absolute atomic E-state index is 12.3. The van der Waals surface area contributed by atoms with E-state index in [1.54, 1.807) is 19.1 Å². The Morgan fingerprint density at radius 3 is 2.80 bits per heavy atom. The first-order valence-electron chi connectivity index (χ1n) is 6.11. The third kappa shape index (κ3) is 2.85. The molecule has 7 heteroatoms. The van der Waals surface area contributed by atoms with Crippen LogP contribution in [-0.4, -0.2) is 34.1 Å². The molecule has 108 valence electrons. The highest BCUT2D eigenvalue weighted by Gasteiger charge is 2.46. The molecule has 0 spiro atoms. The molecule has 1 unspecified atom stereocenters. The topological polar surface area (TPSA) is 69.6 Å². The van der Waals surface area contributed by atoms with Crippen LogP contribution in [0.5, 0.6) is 0 Å². The summed E-state index contributed by atoms with van der Waals surface area (Å²) < 4.78 is 0.960. The van der Waals surface area contributed by atoms with Crippen LogP contribution in [0.25, 0.3) is 0 Å². The number of carbonyl (C=O) groups excluding carboxylic acids is 1. The zero-order valence-electron chi connectivity index (χ0n) is 10.8. The highest BCUT2D eigenvalue weighted by atomic mass is 127. The fourth-order valence-corrected chi connectivity index (χ4v) is 3.19. The molecule has 1 aromatic carbocycles. The number of rotatable bonds is 2. The molecule has 0 bridgehead atoms. The Labute approximate surface area is 135 Å². The zero-order chi connectivity index (χ0) is 14.9. The van der Waals surface area contributed by atoms with Crippen molar-refractivity contribution in [2.24, 2.45) is 0 Å². The summed E-state index contributed by atoms with van der Waals surface area (Å²) in [5.41, 5.74) is -0.670. The van der Waals surface area contributed by atoms with Gasteiger partial charge in [0, 0.05) is 10.1 Å². The fourth-order valence-electron chi connectivity index (χ4n) is 2.28. The minimum absolute atomic E-state index is 0.427. The van der Waals surface area contributed by atoms with Crippen LogP contribution in [0.2, 0.25) is 5.02 Å². The maximum atomic E-state index is 12.3. The molecule has 0 radical (unpaired) electrons. The minimum atomic E-state index is -1.15. The molecule has 1 aliphatic rings. The van der Waals surface area contributed by atoms with E-state index in [-0.39, 0.29) is 0 Å². The minimum Gasteiger partial charge on any atom is -0.480 e. The van der Waals surface area contributed by atoms with E-state index >= 15 is 0 Å². The number of carboxylic acid groups (broad SMARTS) is 1. The third-order valence-electron chi connectivity index (χ3n) is 3.52. The molecule has 1 heterocycles. The van der Waals surface area contributed by atoms with Crippen molar-refractivity contribution in [2.45, 2.75) is 25.3 Å². The van der Waals surface area contributed by atoms with Gasteiger partial charge in [-0.25, -0.2) is 9.59 Å². The van der Waals surface area contributed by atoms with Crippen molar-refractivity contribution in [1.82, 2.24) is 4.90 Å². The van der Waals surface area contributed by atoms with Gasteiger partial charge < -0.3 is 15.3 Å². The van der Waals surface area contributed by atoms with Crippen molar-refractivity contribution < 1.29 is 14.7 Å². The molecule has 2 rings (SSSR count). The number of amides is 2. The molecule has 1 atom stereocenters. The van der Waals surface area contributed by atoms with Crippen LogP contribution < -0.4 is 5.32 Å². The molecule has 1 saturated heterocycles. The van der Waals surface area contributed by atoms with Crippen molar-refractivity contribution >= 4 is 51.9 Å². The summed E-state index contributed by atoms with van der Waals surface area (Å²) in [6, 6.07) is 4.83. The monoisotopic (exact) mass is 408 g/mol. The standard InChI is InChI=1S/C13H14ClIN2O3/c1-13(11(18)19)5-2-6-17(13)12(20)16-10-4-3-8(15)7-9(10)14/h3-4,7H,2,5-6H2,1H3,(H,16,20)(H,18,19). The van der Waals surface area contributed by atoms with E-state index in [0.717, 1.165) is 3.57 Å². The second-order valence-corrected chi connectivity index (χ2v) is 6.54. The van der Waals surface area contributed by atoms with Crippen molar-refractivity contribution in [3.05, 3.63) is 26.8 Å².